The van der Waals surface area contributed by atoms with Crippen LogP contribution >= 0.6 is 23.2 Å². The Morgan fingerprint density at radius 3 is 1.49 bits per heavy atom. The Hall–Kier alpha value is -12.6. The number of Topliss-reactive ketones (excluding diaryl/α,β-unsaturated/α-hetero) is 3. The number of nitrogen functional groups attached to an aromatic ring is 1. The number of amides is 3. The summed E-state index contributed by atoms with van der Waals surface area (Å²) in [5.74, 6) is -5.00. The molecule has 0 aliphatic carbocycles. The van der Waals surface area contributed by atoms with Gasteiger partial charge in [-0.2, -0.15) is 0 Å². The highest BCUT2D eigenvalue weighted by molar-refractivity contribution is 6.53. The minimum absolute atomic E-state index is 0.109. The first-order valence-electron chi connectivity index (χ1n) is 29.3. The van der Waals surface area contributed by atoms with E-state index in [0.717, 1.165) is 60.4 Å². The standard InChI is InChI=1S/C20H12ClNO3.C12H10N2O2.2C12H7NO2.C10H9ClO3.C10H9N/c21-13-8-5-12(6-9-13)17-19(23)16(20(24)25)15-10-7-11-3-1-2-4-14(11)18(15)22-17;15-12(8-13-16)14-11-7-3-5-9-4-1-2-6-10(9)11;2*14-11-9-6-5-7-3-1-2-4-8(7)10(9)13-12(11)15;1-7(12)14-6-10(13)8-2-4-9(11)5-3-8;11-10-7-3-5-8-4-1-2-6-9(8)10/h1-10,23H,(H,24,25);1-8,16H,(H,14,15);2*1-6H,(H,13,14,15);2-5H,6H2,1H3;1-7H,11H2/p-1/b;13-8+;;;;. The van der Waals surface area contributed by atoms with Crippen LogP contribution < -0.4 is 26.8 Å². The zero-order valence-electron chi connectivity index (χ0n) is 50.6. The van der Waals surface area contributed by atoms with Gasteiger partial charge in [0, 0.05) is 66.2 Å². The topological polar surface area (TPSA) is 297 Å². The molecule has 12 aromatic carbocycles. The first kappa shape index (κ1) is 66.3. The molecule has 0 atom stereocenters. The van der Waals surface area contributed by atoms with E-state index in [-0.39, 0.29) is 23.6 Å². The number of halogens is 2. The number of fused-ring (bicyclic) bond motifs is 11. The van der Waals surface area contributed by atoms with Gasteiger partial charge in [-0.15, -0.1) is 0 Å². The van der Waals surface area contributed by atoms with Crippen LogP contribution in [0.2, 0.25) is 10.0 Å². The molecule has 0 fully saturated rings. The Kier molecular flexibility index (Phi) is 20.9. The summed E-state index contributed by atoms with van der Waals surface area (Å²) in [5.41, 5.74) is 10.9. The summed E-state index contributed by atoms with van der Waals surface area (Å²) in [5, 5.41) is 52.5. The van der Waals surface area contributed by atoms with Crippen molar-refractivity contribution in [2.45, 2.75) is 6.92 Å². The number of aromatic nitrogens is 1. The molecular weight excluding hydrogens is 1260 g/mol. The van der Waals surface area contributed by atoms with E-state index in [4.69, 9.17) is 34.1 Å². The number of nitrogens with zero attached hydrogens (tertiary/aromatic N) is 2. The molecule has 0 bridgehead atoms. The minimum atomic E-state index is -1.26. The Balaban J connectivity index is 0.000000128. The smallest absolute Gasteiger partial charge is 0.335 e. The fraction of sp³-hybridized carbons (Fsp3) is 0.0263. The third-order valence-electron chi connectivity index (χ3n) is 15.0. The number of carboxylic acid groups (broad SMARTS) is 1. The molecule has 2 aliphatic rings. The van der Waals surface area contributed by atoms with Gasteiger partial charge in [0.1, 0.15) is 6.21 Å². The Bertz CT molecular complexity index is 5140. The van der Waals surface area contributed by atoms with Gasteiger partial charge in [-0.3, -0.25) is 33.6 Å². The predicted molar refractivity (Wildman–Crippen MR) is 374 cm³/mol. The minimum Gasteiger partial charge on any atom is -0.870 e. The van der Waals surface area contributed by atoms with E-state index in [1.165, 1.54) is 12.3 Å². The van der Waals surface area contributed by atoms with Gasteiger partial charge in [-0.05, 0) is 93.2 Å². The maximum atomic E-state index is 12.8. The number of hydrogen-bond acceptors (Lipinski definition) is 14. The molecule has 18 nitrogen and oxygen atoms in total. The SMILES string of the molecule is CC(=O)OCC(=O)c1ccc(Cl)cc1.Nc1cccc2ccccc12.O=C(/C=N/O)Nc1cccc2ccccc12.O=C(O)c1c([O-])c(-c2ccc(Cl)cc2)nc2c1ccc1ccccc12.O=C1Nc2c(ccc3ccccc23)C1=O.O=C1Nc2c(ccc3ccccc23)C1=O. The van der Waals surface area contributed by atoms with Crippen molar-refractivity contribution in [3.63, 3.8) is 0 Å². The summed E-state index contributed by atoms with van der Waals surface area (Å²) in [7, 11) is 0. The highest BCUT2D eigenvalue weighted by atomic mass is 35.5. The van der Waals surface area contributed by atoms with Crippen LogP contribution in [0.4, 0.5) is 22.7 Å². The van der Waals surface area contributed by atoms with Crippen molar-refractivity contribution in [3.8, 4) is 17.0 Å². The van der Waals surface area contributed by atoms with Crippen molar-refractivity contribution in [3.05, 3.63) is 275 Å². The molecule has 20 heteroatoms. The number of ketones is 3. The van der Waals surface area contributed by atoms with Gasteiger partial charge in [0.25, 0.3) is 29.3 Å². The van der Waals surface area contributed by atoms with Crippen LogP contribution in [0.1, 0.15) is 48.4 Å². The average Bonchev–Trinajstić information content (AvgIpc) is 1.04. The van der Waals surface area contributed by atoms with Gasteiger partial charge in [0.15, 0.2) is 12.4 Å². The van der Waals surface area contributed by atoms with Crippen LogP contribution in [-0.2, 0) is 23.9 Å². The van der Waals surface area contributed by atoms with E-state index in [0.29, 0.717) is 60.3 Å². The number of ether oxygens (including phenoxy) is 1. The van der Waals surface area contributed by atoms with Crippen molar-refractivity contribution >= 4 is 164 Å². The second-order valence-electron chi connectivity index (χ2n) is 21.2. The number of anilines is 4. The van der Waals surface area contributed by atoms with Gasteiger partial charge in [-0.25, -0.2) is 9.78 Å². The second kappa shape index (κ2) is 30.2. The molecule has 2 aliphatic heterocycles. The van der Waals surface area contributed by atoms with Gasteiger partial charge in [-0.1, -0.05) is 216 Å². The molecule has 474 valence electrons. The van der Waals surface area contributed by atoms with Crippen molar-refractivity contribution in [1.29, 1.82) is 0 Å². The monoisotopic (exact) mass is 1310 g/mol. The summed E-state index contributed by atoms with van der Waals surface area (Å²) in [4.78, 5) is 94.6. The van der Waals surface area contributed by atoms with E-state index in [2.05, 4.69) is 43.0 Å². The zero-order chi connectivity index (χ0) is 68.0. The fourth-order valence-corrected chi connectivity index (χ4v) is 10.7. The van der Waals surface area contributed by atoms with Crippen LogP contribution in [0, 0.1) is 0 Å². The fourth-order valence-electron chi connectivity index (χ4n) is 10.5. The molecule has 3 heterocycles. The highest BCUT2D eigenvalue weighted by Gasteiger charge is 2.30. The number of carbonyl (C=O) groups is 8. The number of carboxylic acids is 1. The summed E-state index contributed by atoms with van der Waals surface area (Å²) >= 11 is 11.5. The Morgan fingerprint density at radius 1 is 0.542 bits per heavy atom. The third kappa shape index (κ3) is 15.3. The van der Waals surface area contributed by atoms with E-state index < -0.39 is 47.0 Å². The summed E-state index contributed by atoms with van der Waals surface area (Å²) < 4.78 is 4.57. The normalized spacial score (nSPS) is 11.7. The number of rotatable bonds is 7. The van der Waals surface area contributed by atoms with Crippen molar-refractivity contribution < 1.29 is 58.5 Å². The lowest BCUT2D eigenvalue weighted by molar-refractivity contribution is -0.268. The molecule has 0 saturated heterocycles. The Morgan fingerprint density at radius 2 is 0.979 bits per heavy atom. The number of pyridine rings is 1. The lowest BCUT2D eigenvalue weighted by Gasteiger charge is -2.19. The predicted octanol–water partition coefficient (Wildman–Crippen LogP) is 15.2. The van der Waals surface area contributed by atoms with Crippen LogP contribution in [0.3, 0.4) is 0 Å². The maximum Gasteiger partial charge on any atom is 0.335 e. The number of oxime groups is 1. The molecular formula is C76H53Cl2N6O12-. The number of aromatic carboxylic acids is 1. The van der Waals surface area contributed by atoms with E-state index in [1.807, 2.05) is 152 Å². The van der Waals surface area contributed by atoms with Crippen molar-refractivity contribution in [2.75, 3.05) is 28.3 Å². The molecule has 15 rings (SSSR count). The quantitative estimate of drug-likeness (QED) is 0.0126. The van der Waals surface area contributed by atoms with Crippen LogP contribution in [0.25, 0.3) is 76.0 Å². The third-order valence-corrected chi connectivity index (χ3v) is 15.5. The molecule has 7 N–H and O–H groups in total. The van der Waals surface area contributed by atoms with Crippen molar-refractivity contribution in [2.24, 2.45) is 5.16 Å². The molecule has 0 unspecified atom stereocenters. The van der Waals surface area contributed by atoms with E-state index in [9.17, 15) is 48.6 Å². The number of benzene rings is 12. The number of esters is 1. The van der Waals surface area contributed by atoms with Gasteiger partial charge in [0.2, 0.25) is 0 Å². The average molecular weight is 1310 g/mol. The molecule has 3 amide bonds. The molecule has 0 spiro atoms. The van der Waals surface area contributed by atoms with Crippen LogP contribution in [-0.4, -0.2) is 75.1 Å². The Labute approximate surface area is 556 Å². The number of hydrogen-bond donors (Lipinski definition) is 6. The molecule has 0 saturated carbocycles. The second-order valence-corrected chi connectivity index (χ2v) is 22.1. The number of nitrogens with one attached hydrogen (secondary N) is 3. The van der Waals surface area contributed by atoms with Crippen molar-refractivity contribution in [1.82, 2.24) is 4.98 Å². The lowest BCUT2D eigenvalue weighted by Crippen LogP contribution is -2.12. The zero-order valence-corrected chi connectivity index (χ0v) is 52.1. The van der Waals surface area contributed by atoms with Crippen LogP contribution in [0.5, 0.6) is 5.75 Å². The molecule has 0 radical (unpaired) electrons. The number of nitrogens with two attached hydrogens (primary N) is 1. The maximum absolute atomic E-state index is 12.8. The molecule has 1 aromatic heterocycles. The van der Waals surface area contributed by atoms with Gasteiger partial charge < -0.3 is 41.8 Å². The number of carbonyl (C=O) groups excluding carboxylic acids is 7. The van der Waals surface area contributed by atoms with E-state index in [1.54, 1.807) is 78.9 Å². The van der Waals surface area contributed by atoms with Crippen LogP contribution in [0.15, 0.2) is 248 Å². The molecule has 96 heavy (non-hydrogen) atoms. The van der Waals surface area contributed by atoms with Gasteiger partial charge >= 0.3 is 11.9 Å². The van der Waals surface area contributed by atoms with E-state index >= 15 is 0 Å². The largest absolute Gasteiger partial charge is 0.870 e. The first-order valence-corrected chi connectivity index (χ1v) is 30.0. The summed E-state index contributed by atoms with van der Waals surface area (Å²) in [6.45, 7) is 1.03. The summed E-state index contributed by atoms with van der Waals surface area (Å²) in [6.07, 6.45) is 0.821. The summed E-state index contributed by atoms with van der Waals surface area (Å²) in [6, 6.07) is 73.8. The molecule has 13 aromatic rings. The van der Waals surface area contributed by atoms with Gasteiger partial charge in [0.05, 0.1) is 39.3 Å². The first-order chi connectivity index (χ1) is 46.4. The lowest BCUT2D eigenvalue weighted by atomic mass is 9.99. The highest BCUT2D eigenvalue weighted by Crippen LogP contribution is 2.38.